The van der Waals surface area contributed by atoms with Crippen LogP contribution in [0.3, 0.4) is 0 Å². The summed E-state index contributed by atoms with van der Waals surface area (Å²) >= 11 is 0. The Morgan fingerprint density at radius 1 is 1.38 bits per heavy atom. The molecule has 2 aliphatic rings. The zero-order chi connectivity index (χ0) is 16.7. The van der Waals surface area contributed by atoms with E-state index in [4.69, 9.17) is 0 Å². The highest BCUT2D eigenvalue weighted by Gasteiger charge is 2.31. The van der Waals surface area contributed by atoms with Crippen LogP contribution in [0.1, 0.15) is 37.4 Å². The van der Waals surface area contributed by atoms with Crippen molar-refractivity contribution in [3.8, 4) is 5.69 Å². The van der Waals surface area contributed by atoms with E-state index in [0.29, 0.717) is 29.2 Å². The fourth-order valence-corrected chi connectivity index (χ4v) is 2.71. The minimum absolute atomic E-state index is 0.0319. The quantitative estimate of drug-likeness (QED) is 0.873. The Balaban J connectivity index is 1.50. The largest absolute Gasteiger partial charge is 0.376 e. The molecule has 7 nitrogen and oxygen atoms in total. The molecule has 2 aromatic rings. The Kier molecular flexibility index (Phi) is 3.66. The van der Waals surface area contributed by atoms with Crippen LogP contribution in [0.2, 0.25) is 0 Å². The molecule has 1 N–H and O–H groups in total. The van der Waals surface area contributed by atoms with Gasteiger partial charge in [0, 0.05) is 24.7 Å². The van der Waals surface area contributed by atoms with Gasteiger partial charge in [-0.3, -0.25) is 4.79 Å². The zero-order valence-corrected chi connectivity index (χ0v) is 13.4. The minimum atomic E-state index is -0.392. The highest BCUT2D eigenvalue weighted by molar-refractivity contribution is 5.81. The molecule has 0 aliphatic heterocycles. The van der Waals surface area contributed by atoms with Crippen LogP contribution in [0, 0.1) is 5.82 Å². The second-order valence-corrected chi connectivity index (χ2v) is 6.48. The number of carbonyl (C=O) groups is 1. The second kappa shape index (κ2) is 5.85. The summed E-state index contributed by atoms with van der Waals surface area (Å²) in [5.74, 6) is 0.640. The summed E-state index contributed by atoms with van der Waals surface area (Å²) in [5.41, 5.74) is 0.969. The maximum absolute atomic E-state index is 14.2. The van der Waals surface area contributed by atoms with Gasteiger partial charge in [0.05, 0.1) is 6.54 Å². The average molecular weight is 330 g/mol. The molecular weight excluding hydrogens is 311 g/mol. The molecule has 8 heteroatoms. The first-order valence-corrected chi connectivity index (χ1v) is 8.21. The normalized spacial score (nSPS) is 16.9. The summed E-state index contributed by atoms with van der Waals surface area (Å²) in [6.45, 7) is 0.184. The van der Waals surface area contributed by atoms with Crippen molar-refractivity contribution in [1.29, 1.82) is 0 Å². The highest BCUT2D eigenvalue weighted by atomic mass is 19.1. The van der Waals surface area contributed by atoms with Gasteiger partial charge in [0.2, 0.25) is 5.91 Å². The van der Waals surface area contributed by atoms with E-state index in [0.717, 1.165) is 25.7 Å². The third-order valence-electron chi connectivity index (χ3n) is 4.54. The van der Waals surface area contributed by atoms with E-state index in [-0.39, 0.29) is 12.5 Å². The lowest BCUT2D eigenvalue weighted by Gasteiger charge is -2.17. The van der Waals surface area contributed by atoms with Gasteiger partial charge in [-0.2, -0.15) is 4.68 Å². The maximum atomic E-state index is 14.2. The summed E-state index contributed by atoms with van der Waals surface area (Å²) in [6, 6.07) is 5.00. The van der Waals surface area contributed by atoms with Crippen LogP contribution in [0.25, 0.3) is 5.69 Å². The molecule has 0 spiro atoms. The fraction of sp³-hybridized carbons (Fsp3) is 0.500. The Morgan fingerprint density at radius 3 is 2.88 bits per heavy atom. The topological polar surface area (TPSA) is 75.9 Å². The van der Waals surface area contributed by atoms with Crippen LogP contribution >= 0.6 is 0 Å². The van der Waals surface area contributed by atoms with E-state index in [2.05, 4.69) is 20.8 Å². The molecule has 2 aliphatic carbocycles. The van der Waals surface area contributed by atoms with E-state index in [1.807, 2.05) is 7.05 Å². The summed E-state index contributed by atoms with van der Waals surface area (Å²) in [7, 11) is 1.82. The third-order valence-corrected chi connectivity index (χ3v) is 4.54. The van der Waals surface area contributed by atoms with Gasteiger partial charge in [0.1, 0.15) is 11.5 Å². The van der Waals surface area contributed by atoms with Crippen molar-refractivity contribution in [1.82, 2.24) is 25.1 Å². The van der Waals surface area contributed by atoms with Crippen LogP contribution in [-0.2, 0) is 4.79 Å². The van der Waals surface area contributed by atoms with Crippen molar-refractivity contribution >= 4 is 11.6 Å². The number of benzene rings is 1. The van der Waals surface area contributed by atoms with Crippen LogP contribution in [0.15, 0.2) is 18.2 Å². The molecule has 126 valence electrons. The first-order chi connectivity index (χ1) is 11.6. The number of carbonyl (C=O) groups excluding carboxylic acids is 1. The van der Waals surface area contributed by atoms with E-state index in [1.165, 1.54) is 10.7 Å². The smallest absolute Gasteiger partial charge is 0.241 e. The highest BCUT2D eigenvalue weighted by Crippen LogP contribution is 2.39. The third kappa shape index (κ3) is 2.95. The second-order valence-electron chi connectivity index (χ2n) is 6.48. The number of amides is 1. The van der Waals surface area contributed by atoms with Gasteiger partial charge in [-0.1, -0.05) is 0 Å². The van der Waals surface area contributed by atoms with Crippen molar-refractivity contribution in [2.75, 3.05) is 18.9 Å². The molecule has 1 aromatic carbocycles. The van der Waals surface area contributed by atoms with Gasteiger partial charge in [-0.05, 0) is 54.3 Å². The van der Waals surface area contributed by atoms with Crippen LogP contribution in [0.5, 0.6) is 0 Å². The Bertz CT molecular complexity index is 768. The first-order valence-electron chi connectivity index (χ1n) is 8.21. The van der Waals surface area contributed by atoms with Crippen LogP contribution < -0.4 is 5.32 Å². The molecule has 4 rings (SSSR count). The lowest BCUT2D eigenvalue weighted by atomic mass is 10.2. The molecule has 0 atom stereocenters. The number of tetrazole rings is 1. The van der Waals surface area contributed by atoms with Crippen molar-refractivity contribution in [2.45, 2.75) is 37.6 Å². The molecule has 2 fully saturated rings. The van der Waals surface area contributed by atoms with Crippen molar-refractivity contribution in [2.24, 2.45) is 0 Å². The number of likely N-dealkylation sites (N-methyl/N-ethyl adjacent to an activating group) is 1. The van der Waals surface area contributed by atoms with Crippen LogP contribution in [0.4, 0.5) is 10.1 Å². The molecule has 0 bridgehead atoms. The summed E-state index contributed by atoms with van der Waals surface area (Å²) < 4.78 is 15.7. The summed E-state index contributed by atoms with van der Waals surface area (Å²) in [6.07, 6.45) is 4.21. The number of halogens is 1. The van der Waals surface area contributed by atoms with E-state index in [1.54, 1.807) is 17.0 Å². The molecule has 2 saturated carbocycles. The standard InChI is InChI=1S/C16H19FN6O/c1-22(12-5-6-12)15(24)9-18-11-4-7-13(17)14(8-11)23-16(10-2-3-10)19-20-21-23/h4,7-8,10,12,18H,2-3,5-6,9H2,1H3. The molecule has 1 amide bonds. The molecule has 0 saturated heterocycles. The Hall–Kier alpha value is -2.51. The molecular formula is C16H19FN6O. The lowest BCUT2D eigenvalue weighted by molar-refractivity contribution is -0.128. The zero-order valence-electron chi connectivity index (χ0n) is 13.4. The summed E-state index contributed by atoms with van der Waals surface area (Å²) in [5, 5.41) is 14.7. The van der Waals surface area contributed by atoms with Gasteiger partial charge in [-0.15, -0.1) is 5.10 Å². The minimum Gasteiger partial charge on any atom is -0.376 e. The molecule has 1 aromatic heterocycles. The molecule has 0 radical (unpaired) electrons. The molecule has 24 heavy (non-hydrogen) atoms. The van der Waals surface area contributed by atoms with E-state index < -0.39 is 5.82 Å². The van der Waals surface area contributed by atoms with Gasteiger partial charge in [-0.25, -0.2) is 4.39 Å². The predicted octanol–water partition coefficient (Wildman–Crippen LogP) is 1.71. The number of rotatable bonds is 6. The summed E-state index contributed by atoms with van der Waals surface area (Å²) in [4.78, 5) is 13.8. The molecule has 0 unspecified atom stereocenters. The fourth-order valence-electron chi connectivity index (χ4n) is 2.71. The van der Waals surface area contributed by atoms with Gasteiger partial charge in [0.25, 0.3) is 0 Å². The van der Waals surface area contributed by atoms with E-state index in [9.17, 15) is 9.18 Å². The SMILES string of the molecule is CN(C(=O)CNc1ccc(F)c(-n2nnnc2C2CC2)c1)C1CC1. The van der Waals surface area contributed by atoms with Gasteiger partial charge in [0.15, 0.2) is 5.82 Å². The Morgan fingerprint density at radius 2 is 2.17 bits per heavy atom. The number of hydrogen-bond donors (Lipinski definition) is 1. The Labute approximate surface area is 138 Å². The maximum Gasteiger partial charge on any atom is 0.241 e. The number of anilines is 1. The monoisotopic (exact) mass is 330 g/mol. The predicted molar refractivity (Wildman–Crippen MR) is 85.4 cm³/mol. The van der Waals surface area contributed by atoms with Gasteiger partial charge >= 0.3 is 0 Å². The number of aromatic nitrogens is 4. The van der Waals surface area contributed by atoms with Gasteiger partial charge < -0.3 is 10.2 Å². The van der Waals surface area contributed by atoms with Crippen molar-refractivity contribution < 1.29 is 9.18 Å². The number of hydrogen-bond acceptors (Lipinski definition) is 5. The molecule has 1 heterocycles. The lowest BCUT2D eigenvalue weighted by Crippen LogP contribution is -2.33. The van der Waals surface area contributed by atoms with E-state index >= 15 is 0 Å². The number of nitrogens with zero attached hydrogens (tertiary/aromatic N) is 5. The van der Waals surface area contributed by atoms with Crippen LogP contribution in [-0.4, -0.2) is 50.6 Å². The van der Waals surface area contributed by atoms with Crippen molar-refractivity contribution in [3.05, 3.63) is 29.8 Å². The average Bonchev–Trinajstić information content (AvgIpc) is 3.51. The van der Waals surface area contributed by atoms with Crippen molar-refractivity contribution in [3.63, 3.8) is 0 Å². The first kappa shape index (κ1) is 15.0. The number of nitrogens with one attached hydrogen (secondary N) is 1.